The first-order valence-electron chi connectivity index (χ1n) is 16.6. The predicted octanol–water partition coefficient (Wildman–Crippen LogP) is 5.34. The lowest BCUT2D eigenvalue weighted by Gasteiger charge is -2.31. The van der Waals surface area contributed by atoms with Crippen molar-refractivity contribution in [2.75, 3.05) is 12.4 Å². The number of hydrogen-bond donors (Lipinski definition) is 3. The molecular weight excluding hydrogens is 628 g/mol. The summed E-state index contributed by atoms with van der Waals surface area (Å²) in [6, 6.07) is 13.0. The maximum atomic E-state index is 14.2. The van der Waals surface area contributed by atoms with Crippen molar-refractivity contribution in [2.45, 2.75) is 77.7 Å². The Labute approximate surface area is 283 Å². The van der Waals surface area contributed by atoms with Crippen molar-refractivity contribution < 1.29 is 37.8 Å². The van der Waals surface area contributed by atoms with Crippen molar-refractivity contribution in [1.29, 1.82) is 0 Å². The van der Waals surface area contributed by atoms with Crippen molar-refractivity contribution >= 4 is 23.3 Å². The number of carbonyl (C=O) groups excluding carboxylic acids is 3. The summed E-state index contributed by atoms with van der Waals surface area (Å²) < 4.78 is 24.2. The Morgan fingerprint density at radius 1 is 1.10 bits per heavy atom. The molecule has 5 atom stereocenters. The summed E-state index contributed by atoms with van der Waals surface area (Å²) in [4.78, 5) is 49.2. The highest BCUT2D eigenvalue weighted by Gasteiger charge is 2.61. The van der Waals surface area contributed by atoms with E-state index in [2.05, 4.69) is 21.7 Å². The minimum absolute atomic E-state index is 0.0322. The van der Waals surface area contributed by atoms with Gasteiger partial charge in [0.15, 0.2) is 29.2 Å². The quantitative estimate of drug-likeness (QED) is 0.227. The summed E-state index contributed by atoms with van der Waals surface area (Å²) in [5, 5.41) is 17.3. The monoisotopic (exact) mass is 668 g/mol. The van der Waals surface area contributed by atoms with Gasteiger partial charge in [-0.15, -0.1) is 0 Å². The van der Waals surface area contributed by atoms with Crippen LogP contribution in [0.25, 0.3) is 11.6 Å². The molecule has 4 bridgehead atoms. The molecule has 0 radical (unpaired) electrons. The number of para-hydroxylation sites is 1. The highest BCUT2D eigenvalue weighted by atomic mass is 16.5. The molecule has 1 unspecified atom stereocenters. The lowest BCUT2D eigenvalue weighted by atomic mass is 9.72. The minimum atomic E-state index is -1.17. The maximum Gasteiger partial charge on any atom is 0.360 e. The molecule has 1 spiro atoms. The number of aliphatic hydroxyl groups excluding tert-OH is 1. The Bertz CT molecular complexity index is 1950. The van der Waals surface area contributed by atoms with Crippen molar-refractivity contribution in [3.8, 4) is 17.3 Å². The van der Waals surface area contributed by atoms with Gasteiger partial charge in [-0.1, -0.05) is 65.0 Å². The number of amides is 1. The van der Waals surface area contributed by atoms with Gasteiger partial charge in [0.05, 0.1) is 7.11 Å². The Morgan fingerprint density at radius 2 is 1.88 bits per heavy atom. The summed E-state index contributed by atoms with van der Waals surface area (Å²) in [5.74, 6) is -1.17. The van der Waals surface area contributed by atoms with Crippen LogP contribution in [0.4, 0.5) is 5.69 Å². The second kappa shape index (κ2) is 11.9. The molecule has 3 aliphatic heterocycles. The molecule has 49 heavy (non-hydrogen) atoms. The second-order valence-electron chi connectivity index (χ2n) is 14.5. The third-order valence-corrected chi connectivity index (χ3v) is 9.81. The Hall–Kier alpha value is -4.97. The van der Waals surface area contributed by atoms with Crippen LogP contribution in [-0.4, -0.2) is 52.2 Å². The Balaban J connectivity index is 1.47. The fourth-order valence-electron chi connectivity index (χ4n) is 7.15. The zero-order chi connectivity index (χ0) is 34.8. The van der Waals surface area contributed by atoms with Gasteiger partial charge in [-0.05, 0) is 47.4 Å². The number of nitrogens with one attached hydrogen (secondary N) is 2. The number of esters is 1. The lowest BCUT2D eigenvalue weighted by Crippen LogP contribution is -2.41. The van der Waals surface area contributed by atoms with E-state index in [0.29, 0.717) is 24.4 Å². The fraction of sp³-hybridized carbons (Fsp3) is 0.432. The molecule has 3 aliphatic rings. The first kappa shape index (κ1) is 32.6. The number of aromatic nitrogens is 2. The molecule has 256 valence electrons. The lowest BCUT2D eigenvalue weighted by molar-refractivity contribution is -0.135. The number of ketones is 1. The number of ether oxygens (including phenoxy) is 2. The summed E-state index contributed by atoms with van der Waals surface area (Å²) in [5.41, 5.74) is 2.00. The highest BCUT2D eigenvalue weighted by molar-refractivity contribution is 5.89. The number of nitrogens with zero attached hydrogens (tertiary/aromatic N) is 2. The van der Waals surface area contributed by atoms with Gasteiger partial charge < -0.3 is 34.0 Å². The standard InChI is InChI=1S/C37H40N4O8/c1-18(2)28(43)25(42)16-20-13-11-19-12-14-26-22(15-19)37(21-9-7-8-10-23(21)39-35(37)48-26)30-27(32-38-24(17-47-32)34(45)46-6)40-33(49-30)29(36(3,4)5)41-31(20)44/h7-10,12,14-15,17-18,20,28-29,35,39,43H,11,13,16H2,1-6H3,(H,41,44)/t20-,28+,29-,35+,37?/m1/s1. The summed E-state index contributed by atoms with van der Waals surface area (Å²) >= 11 is 0. The van der Waals surface area contributed by atoms with Crippen LogP contribution < -0.4 is 15.4 Å². The number of benzene rings is 2. The number of rotatable bonds is 6. The number of methoxy groups -OCH3 is 1. The molecule has 2 aromatic carbocycles. The van der Waals surface area contributed by atoms with E-state index in [1.165, 1.54) is 13.4 Å². The van der Waals surface area contributed by atoms with Crippen LogP contribution in [0.5, 0.6) is 5.75 Å². The SMILES string of the molecule is COC(=O)c1coc(-c2nc3oc2C24c5ccccc5N[C@H]2Oc2ccc(cc24)CC[C@H](CC(=O)[C@@H](O)C(C)C)C(=O)N[C@H]3C(C)(C)C)n1. The molecule has 7 rings (SSSR count). The van der Waals surface area contributed by atoms with E-state index in [0.717, 1.165) is 22.4 Å². The maximum absolute atomic E-state index is 14.2. The Morgan fingerprint density at radius 3 is 2.61 bits per heavy atom. The van der Waals surface area contributed by atoms with Gasteiger partial charge in [0.1, 0.15) is 29.6 Å². The van der Waals surface area contributed by atoms with Crippen molar-refractivity contribution in [3.05, 3.63) is 82.8 Å². The topological polar surface area (TPSA) is 166 Å². The molecule has 0 fully saturated rings. The largest absolute Gasteiger partial charge is 0.469 e. The van der Waals surface area contributed by atoms with Crippen LogP contribution in [0.15, 0.2) is 57.6 Å². The number of oxazole rings is 2. The van der Waals surface area contributed by atoms with Crippen LogP contribution in [0.2, 0.25) is 0 Å². The fourth-order valence-corrected chi connectivity index (χ4v) is 7.15. The van der Waals surface area contributed by atoms with E-state index < -0.39 is 41.1 Å². The molecule has 2 aromatic heterocycles. The van der Waals surface area contributed by atoms with Crippen molar-refractivity contribution in [2.24, 2.45) is 17.3 Å². The molecule has 0 aliphatic carbocycles. The second-order valence-corrected chi connectivity index (χ2v) is 14.5. The first-order valence-corrected chi connectivity index (χ1v) is 16.6. The van der Waals surface area contributed by atoms with Crippen molar-refractivity contribution in [3.63, 3.8) is 0 Å². The van der Waals surface area contributed by atoms with Crippen molar-refractivity contribution in [1.82, 2.24) is 15.3 Å². The first-order chi connectivity index (χ1) is 23.3. The summed E-state index contributed by atoms with van der Waals surface area (Å²) in [7, 11) is 1.26. The average molecular weight is 669 g/mol. The molecule has 0 saturated carbocycles. The van der Waals surface area contributed by atoms with Crippen LogP contribution in [0.3, 0.4) is 0 Å². The van der Waals surface area contributed by atoms with Crippen LogP contribution in [-0.2, 0) is 26.2 Å². The molecule has 12 heteroatoms. The summed E-state index contributed by atoms with van der Waals surface area (Å²) in [6.07, 6.45) is 0.142. The van der Waals surface area contributed by atoms with Gasteiger partial charge in [0.2, 0.25) is 17.7 Å². The van der Waals surface area contributed by atoms with E-state index in [9.17, 15) is 19.5 Å². The molecule has 1 amide bonds. The minimum Gasteiger partial charge on any atom is -0.469 e. The number of Topliss-reactive ketones (excluding diaryl/α,β-unsaturated/α-hetero) is 1. The van der Waals surface area contributed by atoms with Gasteiger partial charge in [-0.3, -0.25) is 9.59 Å². The van der Waals surface area contributed by atoms with E-state index >= 15 is 0 Å². The number of aryl methyl sites for hydroxylation is 1. The van der Waals surface area contributed by atoms with Crippen LogP contribution >= 0.6 is 0 Å². The smallest absolute Gasteiger partial charge is 0.360 e. The number of hydrogen-bond acceptors (Lipinski definition) is 11. The number of fused-ring (bicyclic) bond motifs is 4. The van der Waals surface area contributed by atoms with Crippen LogP contribution in [0, 0.1) is 17.3 Å². The number of carbonyl (C=O) groups is 3. The van der Waals surface area contributed by atoms with E-state index in [4.69, 9.17) is 23.3 Å². The van der Waals surface area contributed by atoms with E-state index in [-0.39, 0.29) is 47.2 Å². The van der Waals surface area contributed by atoms with Gasteiger partial charge in [0.25, 0.3) is 0 Å². The molecule has 12 nitrogen and oxygen atoms in total. The number of anilines is 1. The molecule has 4 aromatic rings. The van der Waals surface area contributed by atoms with Gasteiger partial charge in [-0.25, -0.2) is 14.8 Å². The molecule has 3 N–H and O–H groups in total. The molecule has 5 heterocycles. The third-order valence-electron chi connectivity index (χ3n) is 9.81. The van der Waals surface area contributed by atoms with Gasteiger partial charge in [0, 0.05) is 23.6 Å². The molecular formula is C37H40N4O8. The van der Waals surface area contributed by atoms with E-state index in [1.54, 1.807) is 13.8 Å². The summed E-state index contributed by atoms with van der Waals surface area (Å²) in [6.45, 7) is 9.41. The zero-order valence-corrected chi connectivity index (χ0v) is 28.3. The highest BCUT2D eigenvalue weighted by Crippen LogP contribution is 2.59. The van der Waals surface area contributed by atoms with E-state index in [1.807, 2.05) is 57.2 Å². The van der Waals surface area contributed by atoms with Gasteiger partial charge >= 0.3 is 5.97 Å². The normalized spacial score (nSPS) is 23.2. The van der Waals surface area contributed by atoms with Gasteiger partial charge in [-0.2, -0.15) is 0 Å². The number of aliphatic hydroxyl groups is 1. The Kier molecular flexibility index (Phi) is 7.89. The zero-order valence-electron chi connectivity index (χ0n) is 28.3. The van der Waals surface area contributed by atoms with Crippen LogP contribution in [0.1, 0.15) is 92.3 Å². The average Bonchev–Trinajstić information content (AvgIpc) is 3.84. The molecule has 0 saturated heterocycles. The third kappa shape index (κ3) is 5.29. The predicted molar refractivity (Wildman–Crippen MR) is 177 cm³/mol.